The summed E-state index contributed by atoms with van der Waals surface area (Å²) in [6.07, 6.45) is 73.1. The summed E-state index contributed by atoms with van der Waals surface area (Å²) in [7, 11) is 0. The predicted molar refractivity (Wildman–Crippen MR) is 321 cm³/mol. The number of unbranched alkanes of at least 4 members (excludes halogenated alkanes) is 52. The molecular weight excluding hydrogens is 913 g/mol. The zero-order chi connectivity index (χ0) is 53.8. The van der Waals surface area contributed by atoms with Crippen molar-refractivity contribution in [2.45, 2.75) is 406 Å². The Bertz CT molecular complexity index is 1140. The van der Waals surface area contributed by atoms with Crippen molar-refractivity contribution < 1.29 is 28.6 Å². The number of ether oxygens (including phenoxy) is 3. The standard InChI is InChI=1S/C68H132O6/c1-5-8-11-14-17-20-23-26-29-32-34-37-40-43-46-49-52-55-58-61-66(70)73-64-68(4,63-72-65(69)60-57-54-51-48-45-42-39-36-31-28-25-22-19-16-13-10-7-3)74-67(71)62-59-56-53-50-47-44-41-38-35-33-30-27-24-21-18-15-12-9-6-2/h5-64H2,1-4H3. The molecule has 0 fully saturated rings. The van der Waals surface area contributed by atoms with Gasteiger partial charge in [-0.05, 0) is 26.2 Å². The smallest absolute Gasteiger partial charge is 0.306 e. The van der Waals surface area contributed by atoms with Gasteiger partial charge >= 0.3 is 17.9 Å². The fourth-order valence-corrected chi connectivity index (χ4v) is 10.7. The van der Waals surface area contributed by atoms with Gasteiger partial charge in [-0.2, -0.15) is 0 Å². The Morgan fingerprint density at radius 3 is 0.554 bits per heavy atom. The maximum atomic E-state index is 13.1. The second-order valence-electron chi connectivity index (χ2n) is 23.9. The largest absolute Gasteiger partial charge is 0.461 e. The van der Waals surface area contributed by atoms with Gasteiger partial charge in [0, 0.05) is 19.3 Å². The molecule has 0 aromatic rings. The SMILES string of the molecule is CCCCCCCCCCCCCCCCCCCCCC(=O)OCC(C)(COC(=O)CCCCCCCCCCCCCCCCCCC)OC(=O)CCCCCCCCCCCCCCCCCCCCC. The fourth-order valence-electron chi connectivity index (χ4n) is 10.7. The summed E-state index contributed by atoms with van der Waals surface area (Å²) < 4.78 is 17.4. The lowest BCUT2D eigenvalue weighted by Gasteiger charge is -2.28. The van der Waals surface area contributed by atoms with Crippen LogP contribution in [-0.2, 0) is 28.6 Å². The molecule has 0 saturated carbocycles. The van der Waals surface area contributed by atoms with E-state index in [2.05, 4.69) is 20.8 Å². The van der Waals surface area contributed by atoms with E-state index in [9.17, 15) is 14.4 Å². The number of hydrogen-bond acceptors (Lipinski definition) is 6. The number of hydrogen-bond donors (Lipinski definition) is 0. The van der Waals surface area contributed by atoms with Crippen molar-refractivity contribution in [1.82, 2.24) is 0 Å². The number of esters is 3. The summed E-state index contributed by atoms with van der Waals surface area (Å²) in [5, 5.41) is 0. The van der Waals surface area contributed by atoms with Gasteiger partial charge in [0.15, 0.2) is 5.60 Å². The minimum Gasteiger partial charge on any atom is -0.461 e. The Morgan fingerprint density at radius 1 is 0.230 bits per heavy atom. The monoisotopic (exact) mass is 1050 g/mol. The molecule has 1 atom stereocenters. The highest BCUT2D eigenvalue weighted by atomic mass is 16.6. The number of carbonyl (C=O) groups is 3. The molecule has 0 aliphatic rings. The minimum absolute atomic E-state index is 0.0949. The lowest BCUT2D eigenvalue weighted by Crippen LogP contribution is -2.42. The molecule has 0 spiro atoms. The van der Waals surface area contributed by atoms with E-state index in [-0.39, 0.29) is 31.1 Å². The topological polar surface area (TPSA) is 78.9 Å². The maximum absolute atomic E-state index is 13.1. The van der Waals surface area contributed by atoms with Gasteiger partial charge in [-0.25, -0.2) is 0 Å². The van der Waals surface area contributed by atoms with Crippen molar-refractivity contribution in [3.63, 3.8) is 0 Å². The van der Waals surface area contributed by atoms with Gasteiger partial charge in [0.05, 0.1) is 0 Å². The van der Waals surface area contributed by atoms with Gasteiger partial charge in [0.2, 0.25) is 0 Å². The first kappa shape index (κ1) is 72.4. The molecule has 0 amide bonds. The summed E-state index contributed by atoms with van der Waals surface area (Å²) in [6, 6.07) is 0. The van der Waals surface area contributed by atoms with Crippen molar-refractivity contribution in [1.29, 1.82) is 0 Å². The Labute approximate surface area is 463 Å². The van der Waals surface area contributed by atoms with Crippen molar-refractivity contribution in [3.05, 3.63) is 0 Å². The third-order valence-electron chi connectivity index (χ3n) is 15.9. The Balaban J connectivity index is 4.38. The molecule has 0 rings (SSSR count). The van der Waals surface area contributed by atoms with Crippen LogP contribution in [0.15, 0.2) is 0 Å². The van der Waals surface area contributed by atoms with Crippen LogP contribution in [0.3, 0.4) is 0 Å². The Hall–Kier alpha value is -1.59. The van der Waals surface area contributed by atoms with Gasteiger partial charge in [0.1, 0.15) is 13.2 Å². The van der Waals surface area contributed by atoms with Crippen LogP contribution in [0.2, 0.25) is 0 Å². The third kappa shape index (κ3) is 58.1. The van der Waals surface area contributed by atoms with E-state index < -0.39 is 5.60 Å². The third-order valence-corrected chi connectivity index (χ3v) is 15.9. The molecule has 6 nitrogen and oxygen atoms in total. The molecule has 0 aromatic heterocycles. The summed E-state index contributed by atoms with van der Waals surface area (Å²) in [5.41, 5.74) is -1.20. The summed E-state index contributed by atoms with van der Waals surface area (Å²) >= 11 is 0. The second-order valence-corrected chi connectivity index (χ2v) is 23.9. The second kappa shape index (κ2) is 60.6. The van der Waals surface area contributed by atoms with Crippen molar-refractivity contribution >= 4 is 17.9 Å². The van der Waals surface area contributed by atoms with Crippen molar-refractivity contribution in [2.24, 2.45) is 0 Å². The van der Waals surface area contributed by atoms with Crippen molar-refractivity contribution in [3.8, 4) is 0 Å². The zero-order valence-electron chi connectivity index (χ0n) is 50.9. The molecule has 440 valence electrons. The average Bonchev–Trinajstić information content (AvgIpc) is 3.39. The van der Waals surface area contributed by atoms with Crippen LogP contribution in [0.5, 0.6) is 0 Å². The van der Waals surface area contributed by atoms with Crippen LogP contribution in [0.4, 0.5) is 0 Å². The zero-order valence-corrected chi connectivity index (χ0v) is 50.9. The normalized spacial score (nSPS) is 12.3. The number of carbonyl (C=O) groups excluding carboxylic acids is 3. The van der Waals surface area contributed by atoms with E-state index in [4.69, 9.17) is 14.2 Å². The number of rotatable bonds is 63. The quantitative estimate of drug-likeness (QED) is 0.0343. The molecule has 0 N–H and O–H groups in total. The molecule has 74 heavy (non-hydrogen) atoms. The first-order valence-electron chi connectivity index (χ1n) is 33.9. The maximum Gasteiger partial charge on any atom is 0.306 e. The highest BCUT2D eigenvalue weighted by Crippen LogP contribution is 2.21. The average molecular weight is 1050 g/mol. The van der Waals surface area contributed by atoms with Gasteiger partial charge in [-0.1, -0.05) is 355 Å². The van der Waals surface area contributed by atoms with Crippen molar-refractivity contribution in [2.75, 3.05) is 13.2 Å². The van der Waals surface area contributed by atoms with Gasteiger partial charge < -0.3 is 14.2 Å². The summed E-state index contributed by atoms with van der Waals surface area (Å²) in [5.74, 6) is -0.848. The molecule has 0 bridgehead atoms. The van der Waals surface area contributed by atoms with E-state index in [1.54, 1.807) is 6.92 Å². The van der Waals surface area contributed by atoms with Crippen LogP contribution >= 0.6 is 0 Å². The molecule has 0 aliphatic carbocycles. The van der Waals surface area contributed by atoms with Crippen LogP contribution < -0.4 is 0 Å². The van der Waals surface area contributed by atoms with E-state index >= 15 is 0 Å². The summed E-state index contributed by atoms with van der Waals surface area (Å²) in [4.78, 5) is 38.9. The molecule has 0 aromatic carbocycles. The van der Waals surface area contributed by atoms with Crippen LogP contribution in [-0.4, -0.2) is 36.7 Å². The van der Waals surface area contributed by atoms with Gasteiger partial charge in [0.25, 0.3) is 0 Å². The van der Waals surface area contributed by atoms with E-state index in [1.807, 2.05) is 0 Å². The molecule has 0 heterocycles. The first-order valence-corrected chi connectivity index (χ1v) is 33.9. The molecule has 0 radical (unpaired) electrons. The Morgan fingerprint density at radius 2 is 0.378 bits per heavy atom. The lowest BCUT2D eigenvalue weighted by molar-refractivity contribution is -0.182. The first-order chi connectivity index (χ1) is 36.4. The Kier molecular flexibility index (Phi) is 59.3. The predicted octanol–water partition coefficient (Wildman–Crippen LogP) is 23.1. The molecule has 6 heteroatoms. The highest BCUT2D eigenvalue weighted by Gasteiger charge is 2.33. The van der Waals surface area contributed by atoms with Gasteiger partial charge in [-0.3, -0.25) is 14.4 Å². The molecular formula is C68H132O6. The summed E-state index contributed by atoms with van der Waals surface area (Å²) in [6.45, 7) is 8.42. The molecule has 0 aliphatic heterocycles. The lowest BCUT2D eigenvalue weighted by atomic mass is 10.0. The van der Waals surface area contributed by atoms with Crippen LogP contribution in [0, 0.1) is 0 Å². The van der Waals surface area contributed by atoms with E-state index in [0.717, 1.165) is 57.8 Å². The van der Waals surface area contributed by atoms with E-state index in [0.29, 0.717) is 19.3 Å². The van der Waals surface area contributed by atoms with E-state index in [1.165, 1.54) is 295 Å². The molecule has 0 saturated heterocycles. The highest BCUT2D eigenvalue weighted by molar-refractivity contribution is 5.71. The van der Waals surface area contributed by atoms with Gasteiger partial charge in [-0.15, -0.1) is 0 Å². The molecule has 1 unspecified atom stereocenters. The fraction of sp³-hybridized carbons (Fsp3) is 0.956. The van der Waals surface area contributed by atoms with Crippen LogP contribution in [0.25, 0.3) is 0 Å². The minimum atomic E-state index is -1.20. The van der Waals surface area contributed by atoms with Crippen LogP contribution in [0.1, 0.15) is 400 Å².